The first-order chi connectivity index (χ1) is 19.0. The number of aliphatic hydroxyl groups is 1. The van der Waals surface area contributed by atoms with Crippen LogP contribution in [0.3, 0.4) is 0 Å². The van der Waals surface area contributed by atoms with Crippen molar-refractivity contribution in [1.82, 2.24) is 34.1 Å². The zero-order valence-corrected chi connectivity index (χ0v) is 21.5. The molecule has 1 aliphatic rings. The molecule has 2 atom stereocenters. The van der Waals surface area contributed by atoms with Gasteiger partial charge in [0.15, 0.2) is 23.6 Å². The summed E-state index contributed by atoms with van der Waals surface area (Å²) in [6.07, 6.45) is -3.41. The lowest BCUT2D eigenvalue weighted by Gasteiger charge is -2.25. The van der Waals surface area contributed by atoms with Crippen molar-refractivity contribution < 1.29 is 23.1 Å². The van der Waals surface area contributed by atoms with E-state index in [1.807, 2.05) is 0 Å². The highest BCUT2D eigenvalue weighted by atomic mass is 35.5. The summed E-state index contributed by atoms with van der Waals surface area (Å²) < 4.78 is 42.4. The highest BCUT2D eigenvalue weighted by Crippen LogP contribution is 2.29. The zero-order valence-electron chi connectivity index (χ0n) is 20.7. The van der Waals surface area contributed by atoms with E-state index < -0.39 is 36.5 Å². The maximum Gasteiger partial charge on any atom is 0.416 e. The van der Waals surface area contributed by atoms with Crippen LogP contribution in [0.1, 0.15) is 18.7 Å². The van der Waals surface area contributed by atoms with Crippen molar-refractivity contribution in [2.45, 2.75) is 44.3 Å². The van der Waals surface area contributed by atoms with E-state index in [0.717, 1.165) is 15.7 Å². The van der Waals surface area contributed by atoms with E-state index >= 15 is 0 Å². The van der Waals surface area contributed by atoms with Crippen LogP contribution in [0.15, 0.2) is 53.7 Å². The lowest BCUT2D eigenvalue weighted by Crippen LogP contribution is -2.41. The SMILES string of the molecule is NC(=O)[C@H]1CCCN1c1ncccc1-n1cnc(Cn2nc(-c3ccc(Cl)cc3)n(C[C@H](O)C(F)(F)F)c2=O)n1. The summed E-state index contributed by atoms with van der Waals surface area (Å²) in [6, 6.07) is 8.91. The molecule has 4 heterocycles. The van der Waals surface area contributed by atoms with E-state index in [2.05, 4.69) is 20.2 Å². The van der Waals surface area contributed by atoms with Crippen molar-refractivity contribution in [3.63, 3.8) is 0 Å². The Bertz CT molecular complexity index is 1580. The van der Waals surface area contributed by atoms with Gasteiger partial charge in [-0.2, -0.15) is 13.2 Å². The average molecular weight is 578 g/mol. The molecule has 5 rings (SSSR count). The Morgan fingerprint density at radius 1 is 1.18 bits per heavy atom. The molecule has 0 bridgehead atoms. The maximum absolute atomic E-state index is 13.1. The largest absolute Gasteiger partial charge is 0.416 e. The van der Waals surface area contributed by atoms with Gasteiger partial charge in [-0.3, -0.25) is 9.36 Å². The van der Waals surface area contributed by atoms with Gasteiger partial charge in [-0.15, -0.1) is 10.2 Å². The number of carbonyl (C=O) groups excluding carboxylic acids is 1. The molecule has 1 amide bonds. The zero-order chi connectivity index (χ0) is 28.6. The second kappa shape index (κ2) is 10.7. The summed E-state index contributed by atoms with van der Waals surface area (Å²) in [7, 11) is 0. The van der Waals surface area contributed by atoms with Gasteiger partial charge in [-0.25, -0.2) is 24.1 Å². The molecule has 210 valence electrons. The minimum Gasteiger partial charge on any atom is -0.382 e. The van der Waals surface area contributed by atoms with E-state index in [1.165, 1.54) is 35.3 Å². The Kier molecular flexibility index (Phi) is 7.33. The van der Waals surface area contributed by atoms with Crippen LogP contribution < -0.4 is 16.3 Å². The molecular weight excluding hydrogens is 555 g/mol. The standard InChI is InChI=1S/C24H23ClF3N9O3/c25-15-7-5-14(6-8-15)21-33-36(23(40)35(21)11-18(38)24(26,27)28)12-19-31-13-37(32-19)17-3-1-9-30-22(17)34-10-2-4-16(34)20(29)39/h1,3,5-9,13,16,18,38H,2,4,10-12H2,(H2,29,39)/t16-,18+/m1/s1. The molecule has 1 aromatic carbocycles. The van der Waals surface area contributed by atoms with Crippen LogP contribution in [0.4, 0.5) is 19.0 Å². The summed E-state index contributed by atoms with van der Waals surface area (Å²) in [5.41, 5.74) is 5.51. The number of hydrogen-bond acceptors (Lipinski definition) is 8. The topological polar surface area (TPSA) is 150 Å². The van der Waals surface area contributed by atoms with Gasteiger partial charge < -0.3 is 15.7 Å². The number of hydrogen-bond donors (Lipinski definition) is 2. The third-order valence-corrected chi connectivity index (χ3v) is 6.71. The number of benzene rings is 1. The van der Waals surface area contributed by atoms with Crippen LogP contribution in [0.2, 0.25) is 5.02 Å². The Morgan fingerprint density at radius 2 is 1.93 bits per heavy atom. The van der Waals surface area contributed by atoms with Crippen LogP contribution in [-0.4, -0.2) is 70.0 Å². The van der Waals surface area contributed by atoms with Gasteiger partial charge >= 0.3 is 11.9 Å². The number of aromatic nitrogens is 7. The van der Waals surface area contributed by atoms with Crippen LogP contribution in [-0.2, 0) is 17.9 Å². The highest BCUT2D eigenvalue weighted by Gasteiger charge is 2.39. The number of nitrogens with zero attached hydrogens (tertiary/aromatic N) is 8. The molecule has 0 unspecified atom stereocenters. The molecule has 0 saturated carbocycles. The Morgan fingerprint density at radius 3 is 2.62 bits per heavy atom. The third-order valence-electron chi connectivity index (χ3n) is 6.46. The number of pyridine rings is 1. The fourth-order valence-electron chi connectivity index (χ4n) is 4.52. The van der Waals surface area contributed by atoms with E-state index in [4.69, 9.17) is 17.3 Å². The third kappa shape index (κ3) is 5.42. The van der Waals surface area contributed by atoms with Gasteiger partial charge in [0, 0.05) is 23.3 Å². The van der Waals surface area contributed by atoms with Crippen molar-refractivity contribution in [1.29, 1.82) is 0 Å². The molecule has 1 aliphatic heterocycles. The van der Waals surface area contributed by atoms with Gasteiger partial charge in [0.05, 0.1) is 6.54 Å². The number of halogens is 4. The summed E-state index contributed by atoms with van der Waals surface area (Å²) >= 11 is 5.92. The van der Waals surface area contributed by atoms with E-state index in [9.17, 15) is 27.9 Å². The monoisotopic (exact) mass is 577 g/mol. The molecule has 3 aromatic heterocycles. The summed E-state index contributed by atoms with van der Waals surface area (Å²) in [5.74, 6) is 0.0576. The van der Waals surface area contributed by atoms with Gasteiger partial charge in [0.2, 0.25) is 5.91 Å². The van der Waals surface area contributed by atoms with Gasteiger partial charge in [-0.1, -0.05) is 11.6 Å². The molecule has 16 heteroatoms. The first kappa shape index (κ1) is 27.3. The van der Waals surface area contributed by atoms with Crippen LogP contribution >= 0.6 is 11.6 Å². The molecule has 12 nitrogen and oxygen atoms in total. The van der Waals surface area contributed by atoms with E-state index in [-0.39, 0.29) is 18.2 Å². The van der Waals surface area contributed by atoms with Crippen molar-refractivity contribution in [2.24, 2.45) is 5.73 Å². The number of rotatable bonds is 8. The summed E-state index contributed by atoms with van der Waals surface area (Å²) in [4.78, 5) is 35.5. The number of alkyl halides is 3. The van der Waals surface area contributed by atoms with Gasteiger partial charge in [0.25, 0.3) is 0 Å². The fraction of sp³-hybridized carbons (Fsp3) is 0.333. The predicted molar refractivity (Wildman–Crippen MR) is 137 cm³/mol. The Hall–Kier alpha value is -4.24. The first-order valence-electron chi connectivity index (χ1n) is 12.1. The minimum absolute atomic E-state index is 0.0922. The number of nitrogens with two attached hydrogens (primary N) is 1. The van der Waals surface area contributed by atoms with E-state index in [1.54, 1.807) is 23.2 Å². The van der Waals surface area contributed by atoms with Gasteiger partial charge in [-0.05, 0) is 49.2 Å². The predicted octanol–water partition coefficient (Wildman–Crippen LogP) is 1.77. The number of carbonyl (C=O) groups is 1. The Balaban J connectivity index is 1.47. The molecule has 3 N–H and O–H groups in total. The maximum atomic E-state index is 13.1. The molecule has 0 aliphatic carbocycles. The number of anilines is 1. The molecule has 1 saturated heterocycles. The molecule has 0 spiro atoms. The van der Waals surface area contributed by atoms with Crippen molar-refractivity contribution >= 4 is 23.3 Å². The molecule has 4 aromatic rings. The molecular formula is C24H23ClF3N9O3. The lowest BCUT2D eigenvalue weighted by molar-refractivity contribution is -0.207. The summed E-state index contributed by atoms with van der Waals surface area (Å²) in [5, 5.41) is 18.7. The van der Waals surface area contributed by atoms with Crippen LogP contribution in [0, 0.1) is 0 Å². The van der Waals surface area contributed by atoms with Crippen molar-refractivity contribution in [2.75, 3.05) is 11.4 Å². The molecule has 1 fully saturated rings. The molecule has 0 radical (unpaired) electrons. The number of amides is 1. The smallest absolute Gasteiger partial charge is 0.382 e. The van der Waals surface area contributed by atoms with Crippen LogP contribution in [0.5, 0.6) is 0 Å². The summed E-state index contributed by atoms with van der Waals surface area (Å²) in [6.45, 7) is -0.758. The Labute approximate surface area is 229 Å². The second-order valence-corrected chi connectivity index (χ2v) is 9.58. The number of primary amides is 1. The second-order valence-electron chi connectivity index (χ2n) is 9.14. The average Bonchev–Trinajstić information content (AvgIpc) is 3.65. The normalized spacial score (nSPS) is 16.4. The lowest BCUT2D eigenvalue weighted by atomic mass is 10.2. The van der Waals surface area contributed by atoms with E-state index in [0.29, 0.717) is 35.1 Å². The number of aliphatic hydroxyl groups excluding tert-OH is 1. The first-order valence-corrected chi connectivity index (χ1v) is 12.5. The van der Waals surface area contributed by atoms with Gasteiger partial charge in [0.1, 0.15) is 24.6 Å². The van der Waals surface area contributed by atoms with Crippen LogP contribution in [0.25, 0.3) is 17.1 Å². The highest BCUT2D eigenvalue weighted by molar-refractivity contribution is 6.30. The van der Waals surface area contributed by atoms with Crippen molar-refractivity contribution in [3.05, 3.63) is 70.3 Å². The van der Waals surface area contributed by atoms with Crippen molar-refractivity contribution in [3.8, 4) is 17.1 Å². The minimum atomic E-state index is -4.94. The fourth-order valence-corrected chi connectivity index (χ4v) is 4.65. The quantitative estimate of drug-likeness (QED) is 0.322. The molecule has 40 heavy (non-hydrogen) atoms.